The number of hydrogen-bond acceptors (Lipinski definition) is 4. The third-order valence-electron chi connectivity index (χ3n) is 3.89. The number of imidazole rings is 1. The maximum Gasteiger partial charge on any atom is 0.254 e. The van der Waals surface area contributed by atoms with E-state index >= 15 is 0 Å². The fraction of sp³-hybridized carbons (Fsp3) is 0.438. The lowest BCUT2D eigenvalue weighted by atomic mass is 10.1. The highest BCUT2D eigenvalue weighted by Gasteiger charge is 2.24. The number of hydrogen-bond donors (Lipinski definition) is 0. The molecule has 6 nitrogen and oxygen atoms in total. The van der Waals surface area contributed by atoms with Crippen LogP contribution < -0.4 is 0 Å². The Kier molecular flexibility index (Phi) is 4.48. The molecule has 0 radical (unpaired) electrons. The van der Waals surface area contributed by atoms with Gasteiger partial charge in [0.2, 0.25) is 0 Å². The van der Waals surface area contributed by atoms with Gasteiger partial charge in [-0.2, -0.15) is 0 Å². The molecule has 2 aromatic heterocycles. The molecule has 1 aliphatic rings. The lowest BCUT2D eigenvalue weighted by Gasteiger charge is -2.31. The summed E-state index contributed by atoms with van der Waals surface area (Å²) in [6, 6.07) is 3.57. The normalized spacial score (nSPS) is 16.0. The number of ether oxygens (including phenoxy) is 1. The zero-order valence-electron chi connectivity index (χ0n) is 12.7. The molecule has 2 aromatic rings. The van der Waals surface area contributed by atoms with Crippen LogP contribution in [0.2, 0.25) is 0 Å². The number of pyridine rings is 1. The maximum atomic E-state index is 12.6. The highest BCUT2D eigenvalue weighted by atomic mass is 16.5. The number of nitrogens with zero attached hydrogens (tertiary/aromatic N) is 4. The van der Waals surface area contributed by atoms with Gasteiger partial charge in [0.05, 0.1) is 6.10 Å². The number of likely N-dealkylation sites (tertiary alicyclic amines) is 1. The van der Waals surface area contributed by atoms with E-state index in [4.69, 9.17) is 4.74 Å². The number of amides is 1. The largest absolute Gasteiger partial charge is 0.378 e. The molecule has 0 bridgehead atoms. The minimum atomic E-state index is 0.0544. The topological polar surface area (TPSA) is 60.2 Å². The first-order valence-corrected chi connectivity index (χ1v) is 7.63. The molecule has 3 rings (SSSR count). The quantitative estimate of drug-likeness (QED) is 0.865. The van der Waals surface area contributed by atoms with E-state index in [-0.39, 0.29) is 12.0 Å². The zero-order chi connectivity index (χ0) is 15.4. The number of carbonyl (C=O) groups excluding carboxylic acids is 1. The Balaban J connectivity index is 1.69. The summed E-state index contributed by atoms with van der Waals surface area (Å²) in [5.74, 6) is 0.756. The van der Waals surface area contributed by atoms with Crippen molar-refractivity contribution in [1.29, 1.82) is 0 Å². The van der Waals surface area contributed by atoms with E-state index in [0.717, 1.165) is 32.5 Å². The monoisotopic (exact) mass is 300 g/mol. The van der Waals surface area contributed by atoms with Crippen molar-refractivity contribution in [2.75, 3.05) is 19.7 Å². The molecule has 6 heteroatoms. The van der Waals surface area contributed by atoms with Crippen molar-refractivity contribution in [1.82, 2.24) is 19.4 Å². The molecule has 1 aliphatic heterocycles. The summed E-state index contributed by atoms with van der Waals surface area (Å²) in [5.41, 5.74) is 0.661. The number of carbonyl (C=O) groups is 1. The molecule has 0 atom stereocenters. The predicted octanol–water partition coefficient (Wildman–Crippen LogP) is 1.91. The molecular weight excluding hydrogens is 280 g/mol. The third-order valence-corrected chi connectivity index (χ3v) is 3.89. The summed E-state index contributed by atoms with van der Waals surface area (Å²) >= 11 is 0. The van der Waals surface area contributed by atoms with E-state index in [1.54, 1.807) is 35.4 Å². The van der Waals surface area contributed by atoms with Crippen molar-refractivity contribution in [3.05, 3.63) is 42.6 Å². The molecule has 1 saturated heterocycles. The van der Waals surface area contributed by atoms with Gasteiger partial charge in [-0.25, -0.2) is 9.97 Å². The minimum absolute atomic E-state index is 0.0544. The molecule has 0 N–H and O–H groups in total. The predicted molar refractivity (Wildman–Crippen MR) is 81.9 cm³/mol. The second-order valence-electron chi connectivity index (χ2n) is 5.32. The highest BCUT2D eigenvalue weighted by molar-refractivity contribution is 5.94. The van der Waals surface area contributed by atoms with E-state index in [0.29, 0.717) is 11.4 Å². The Labute approximate surface area is 129 Å². The Morgan fingerprint density at radius 1 is 1.36 bits per heavy atom. The van der Waals surface area contributed by atoms with E-state index in [1.165, 1.54) is 0 Å². The van der Waals surface area contributed by atoms with Gasteiger partial charge >= 0.3 is 0 Å². The van der Waals surface area contributed by atoms with Crippen LogP contribution in [0.25, 0.3) is 5.82 Å². The molecule has 0 saturated carbocycles. The molecule has 22 heavy (non-hydrogen) atoms. The van der Waals surface area contributed by atoms with Crippen molar-refractivity contribution >= 4 is 5.91 Å². The lowest BCUT2D eigenvalue weighted by molar-refractivity contribution is 0.0146. The summed E-state index contributed by atoms with van der Waals surface area (Å²) in [6.07, 6.45) is 8.92. The van der Waals surface area contributed by atoms with Gasteiger partial charge in [-0.3, -0.25) is 9.36 Å². The number of piperidine rings is 1. The van der Waals surface area contributed by atoms with Crippen molar-refractivity contribution in [2.45, 2.75) is 25.9 Å². The molecule has 116 valence electrons. The first-order valence-electron chi connectivity index (χ1n) is 7.63. The SMILES string of the molecule is CCOC1CCN(C(=O)c2ccnc(-n3ccnc3)c2)CC1. The van der Waals surface area contributed by atoms with Crippen LogP contribution in [-0.2, 0) is 4.74 Å². The molecule has 0 aromatic carbocycles. The van der Waals surface area contributed by atoms with Crippen LogP contribution in [0.15, 0.2) is 37.1 Å². The summed E-state index contributed by atoms with van der Waals surface area (Å²) in [4.78, 5) is 22.8. The van der Waals surface area contributed by atoms with Gasteiger partial charge in [0.15, 0.2) is 0 Å². The van der Waals surface area contributed by atoms with Gasteiger partial charge < -0.3 is 9.64 Å². The standard InChI is InChI=1S/C16H20N4O2/c1-2-22-14-4-8-19(9-5-14)16(21)13-3-6-18-15(11-13)20-10-7-17-12-20/h3,6-7,10-12,14H,2,4-5,8-9H2,1H3. The first kappa shape index (κ1) is 14.7. The average Bonchev–Trinajstić information content (AvgIpc) is 3.10. The summed E-state index contributed by atoms with van der Waals surface area (Å²) < 4.78 is 7.42. The Morgan fingerprint density at radius 3 is 2.86 bits per heavy atom. The van der Waals surface area contributed by atoms with Crippen LogP contribution in [0.1, 0.15) is 30.1 Å². The molecule has 1 fully saturated rings. The fourth-order valence-electron chi connectivity index (χ4n) is 2.73. The van der Waals surface area contributed by atoms with Crippen LogP contribution in [0, 0.1) is 0 Å². The molecule has 0 aliphatic carbocycles. The van der Waals surface area contributed by atoms with Gasteiger partial charge in [0.25, 0.3) is 5.91 Å². The smallest absolute Gasteiger partial charge is 0.254 e. The van der Waals surface area contributed by atoms with Crippen molar-refractivity contribution < 1.29 is 9.53 Å². The molecule has 0 unspecified atom stereocenters. The van der Waals surface area contributed by atoms with Crippen LogP contribution in [0.3, 0.4) is 0 Å². The summed E-state index contributed by atoms with van der Waals surface area (Å²) in [7, 11) is 0. The Bertz CT molecular complexity index is 619. The first-order chi connectivity index (χ1) is 10.8. The van der Waals surface area contributed by atoms with E-state index < -0.39 is 0 Å². The Morgan fingerprint density at radius 2 is 2.18 bits per heavy atom. The average molecular weight is 300 g/mol. The van der Waals surface area contributed by atoms with Crippen molar-refractivity contribution in [2.24, 2.45) is 0 Å². The fourth-order valence-corrected chi connectivity index (χ4v) is 2.73. The lowest BCUT2D eigenvalue weighted by Crippen LogP contribution is -2.40. The van der Waals surface area contributed by atoms with Gasteiger partial charge in [0.1, 0.15) is 12.1 Å². The third kappa shape index (κ3) is 3.17. The van der Waals surface area contributed by atoms with Crippen molar-refractivity contribution in [3.8, 4) is 5.82 Å². The zero-order valence-corrected chi connectivity index (χ0v) is 12.7. The van der Waals surface area contributed by atoms with E-state index in [9.17, 15) is 4.79 Å². The minimum Gasteiger partial charge on any atom is -0.378 e. The number of aromatic nitrogens is 3. The van der Waals surface area contributed by atoms with Crippen LogP contribution >= 0.6 is 0 Å². The highest BCUT2D eigenvalue weighted by Crippen LogP contribution is 2.17. The molecular formula is C16H20N4O2. The van der Waals surface area contributed by atoms with Crippen LogP contribution in [0.4, 0.5) is 0 Å². The number of rotatable bonds is 4. The van der Waals surface area contributed by atoms with Gasteiger partial charge in [0, 0.05) is 43.9 Å². The second-order valence-corrected chi connectivity index (χ2v) is 5.32. The summed E-state index contributed by atoms with van der Waals surface area (Å²) in [6.45, 7) is 4.22. The van der Waals surface area contributed by atoms with Crippen LogP contribution in [0.5, 0.6) is 0 Å². The van der Waals surface area contributed by atoms with Gasteiger partial charge in [-0.05, 0) is 31.9 Å². The van der Waals surface area contributed by atoms with Gasteiger partial charge in [-0.15, -0.1) is 0 Å². The van der Waals surface area contributed by atoms with Crippen molar-refractivity contribution in [3.63, 3.8) is 0 Å². The summed E-state index contributed by atoms with van der Waals surface area (Å²) in [5, 5.41) is 0. The van der Waals surface area contributed by atoms with Gasteiger partial charge in [-0.1, -0.05) is 0 Å². The van der Waals surface area contributed by atoms with E-state index in [2.05, 4.69) is 9.97 Å². The Hall–Kier alpha value is -2.21. The van der Waals surface area contributed by atoms with Crippen LogP contribution in [-0.4, -0.2) is 51.1 Å². The van der Waals surface area contributed by atoms with E-state index in [1.807, 2.05) is 18.0 Å². The maximum absolute atomic E-state index is 12.6. The second kappa shape index (κ2) is 6.70. The molecule has 1 amide bonds. The molecule has 3 heterocycles. The molecule has 0 spiro atoms.